The van der Waals surface area contributed by atoms with Crippen LogP contribution in [0.5, 0.6) is 5.75 Å². The molecule has 0 unspecified atom stereocenters. The summed E-state index contributed by atoms with van der Waals surface area (Å²) in [7, 11) is 1.64. The van der Waals surface area contributed by atoms with E-state index in [4.69, 9.17) is 4.74 Å². The minimum atomic E-state index is -0.368. The van der Waals surface area contributed by atoms with Crippen molar-refractivity contribution in [2.24, 2.45) is 5.41 Å². The van der Waals surface area contributed by atoms with Gasteiger partial charge in [-0.15, -0.1) is 0 Å². The Bertz CT molecular complexity index is 590. The summed E-state index contributed by atoms with van der Waals surface area (Å²) in [5.74, 6) is 1.16. The van der Waals surface area contributed by atoms with Crippen molar-refractivity contribution in [3.63, 3.8) is 0 Å². The molecule has 0 N–H and O–H groups in total. The summed E-state index contributed by atoms with van der Waals surface area (Å²) in [5, 5.41) is 0. The Kier molecular flexibility index (Phi) is 6.45. The SMILES string of the molecule is COc1ccc(CCC(=O)N2CCCN(C(=O)C(C)(C)C)CC2)cc1. The molecular formula is C20H30N2O3. The van der Waals surface area contributed by atoms with E-state index in [9.17, 15) is 9.59 Å². The summed E-state index contributed by atoms with van der Waals surface area (Å²) in [5.41, 5.74) is 0.765. The van der Waals surface area contributed by atoms with Crippen LogP contribution in [-0.4, -0.2) is 54.9 Å². The number of methoxy groups -OCH3 is 1. The van der Waals surface area contributed by atoms with Crippen molar-refractivity contribution in [3.05, 3.63) is 29.8 Å². The molecule has 0 radical (unpaired) electrons. The van der Waals surface area contributed by atoms with E-state index in [0.717, 1.165) is 37.2 Å². The molecule has 25 heavy (non-hydrogen) atoms. The Hall–Kier alpha value is -2.04. The number of hydrogen-bond acceptors (Lipinski definition) is 3. The zero-order valence-electron chi connectivity index (χ0n) is 15.9. The van der Waals surface area contributed by atoms with Crippen molar-refractivity contribution in [1.29, 1.82) is 0 Å². The number of aryl methyl sites for hydroxylation is 1. The van der Waals surface area contributed by atoms with E-state index in [-0.39, 0.29) is 17.2 Å². The summed E-state index contributed by atoms with van der Waals surface area (Å²) in [6.45, 7) is 8.55. The maximum absolute atomic E-state index is 12.5. The van der Waals surface area contributed by atoms with E-state index >= 15 is 0 Å². The van der Waals surface area contributed by atoms with Gasteiger partial charge in [0.2, 0.25) is 11.8 Å². The van der Waals surface area contributed by atoms with E-state index in [2.05, 4.69) is 0 Å². The van der Waals surface area contributed by atoms with Crippen molar-refractivity contribution in [2.75, 3.05) is 33.3 Å². The van der Waals surface area contributed by atoms with Gasteiger partial charge in [0, 0.05) is 38.0 Å². The average Bonchev–Trinajstić information content (AvgIpc) is 2.84. The third-order valence-electron chi connectivity index (χ3n) is 4.56. The number of benzene rings is 1. The van der Waals surface area contributed by atoms with Gasteiger partial charge in [-0.1, -0.05) is 32.9 Å². The molecule has 5 nitrogen and oxygen atoms in total. The highest BCUT2D eigenvalue weighted by atomic mass is 16.5. The lowest BCUT2D eigenvalue weighted by molar-refractivity contribution is -0.139. The number of amides is 2. The van der Waals surface area contributed by atoms with Crippen LogP contribution >= 0.6 is 0 Å². The van der Waals surface area contributed by atoms with Crippen LogP contribution in [0.2, 0.25) is 0 Å². The fourth-order valence-electron chi connectivity index (χ4n) is 3.05. The van der Waals surface area contributed by atoms with Crippen LogP contribution in [0.4, 0.5) is 0 Å². The highest BCUT2D eigenvalue weighted by molar-refractivity contribution is 5.82. The first-order valence-electron chi connectivity index (χ1n) is 9.01. The molecule has 1 aliphatic heterocycles. The molecule has 0 aliphatic carbocycles. The number of carbonyl (C=O) groups excluding carboxylic acids is 2. The summed E-state index contributed by atoms with van der Waals surface area (Å²) in [4.78, 5) is 28.7. The molecule has 0 aromatic heterocycles. The van der Waals surface area contributed by atoms with Crippen LogP contribution < -0.4 is 4.74 Å². The van der Waals surface area contributed by atoms with E-state index in [1.165, 1.54) is 0 Å². The third kappa shape index (κ3) is 5.48. The Morgan fingerprint density at radius 3 is 2.20 bits per heavy atom. The summed E-state index contributed by atoms with van der Waals surface area (Å²) >= 11 is 0. The van der Waals surface area contributed by atoms with Crippen LogP contribution in [0.25, 0.3) is 0 Å². The van der Waals surface area contributed by atoms with Gasteiger partial charge in [0.05, 0.1) is 7.11 Å². The van der Waals surface area contributed by atoms with Crippen molar-refractivity contribution in [2.45, 2.75) is 40.0 Å². The van der Waals surface area contributed by atoms with E-state index in [1.807, 2.05) is 54.8 Å². The molecule has 2 amide bonds. The average molecular weight is 346 g/mol. The van der Waals surface area contributed by atoms with Gasteiger partial charge in [0.1, 0.15) is 5.75 Å². The quantitative estimate of drug-likeness (QED) is 0.842. The molecule has 0 spiro atoms. The summed E-state index contributed by atoms with van der Waals surface area (Å²) in [6.07, 6.45) is 2.07. The topological polar surface area (TPSA) is 49.9 Å². The zero-order chi connectivity index (χ0) is 18.4. The predicted octanol–water partition coefficient (Wildman–Crippen LogP) is 2.73. The van der Waals surface area contributed by atoms with Crippen molar-refractivity contribution >= 4 is 11.8 Å². The Morgan fingerprint density at radius 1 is 1.00 bits per heavy atom. The molecule has 5 heteroatoms. The first-order valence-corrected chi connectivity index (χ1v) is 9.01. The molecule has 1 heterocycles. The number of hydrogen-bond donors (Lipinski definition) is 0. The van der Waals surface area contributed by atoms with Crippen molar-refractivity contribution < 1.29 is 14.3 Å². The maximum atomic E-state index is 12.5. The third-order valence-corrected chi connectivity index (χ3v) is 4.56. The molecule has 138 valence electrons. The highest BCUT2D eigenvalue weighted by Crippen LogP contribution is 2.19. The second kappa shape index (κ2) is 8.37. The smallest absolute Gasteiger partial charge is 0.228 e. The molecular weight excluding hydrogens is 316 g/mol. The maximum Gasteiger partial charge on any atom is 0.228 e. The van der Waals surface area contributed by atoms with E-state index < -0.39 is 0 Å². The lowest BCUT2D eigenvalue weighted by Crippen LogP contribution is -2.42. The first-order chi connectivity index (χ1) is 11.8. The monoisotopic (exact) mass is 346 g/mol. The Balaban J connectivity index is 1.84. The van der Waals surface area contributed by atoms with Crippen LogP contribution in [0.1, 0.15) is 39.2 Å². The molecule has 2 rings (SSSR count). The summed E-state index contributed by atoms with van der Waals surface area (Å²) in [6, 6.07) is 7.83. The van der Waals surface area contributed by atoms with E-state index in [1.54, 1.807) is 7.11 Å². The standard InChI is InChI=1S/C20H30N2O3/c1-20(2,3)19(24)22-13-5-12-21(14-15-22)18(23)11-8-16-6-9-17(25-4)10-7-16/h6-7,9-10H,5,8,11-15H2,1-4H3. The Labute approximate surface area is 150 Å². The van der Waals surface area contributed by atoms with Gasteiger partial charge < -0.3 is 14.5 Å². The molecule has 0 saturated carbocycles. The second-order valence-electron chi connectivity index (χ2n) is 7.62. The number of rotatable bonds is 4. The minimum absolute atomic E-state index is 0.167. The fourth-order valence-corrected chi connectivity index (χ4v) is 3.05. The second-order valence-corrected chi connectivity index (χ2v) is 7.62. The molecule has 1 aromatic rings. The molecule has 0 atom stereocenters. The number of ether oxygens (including phenoxy) is 1. The van der Waals surface area contributed by atoms with Gasteiger partial charge in [-0.3, -0.25) is 9.59 Å². The normalized spacial score (nSPS) is 15.7. The number of nitrogens with zero attached hydrogens (tertiary/aromatic N) is 2. The molecule has 1 aliphatic rings. The molecule has 1 aromatic carbocycles. The minimum Gasteiger partial charge on any atom is -0.497 e. The predicted molar refractivity (Wildman–Crippen MR) is 98.5 cm³/mol. The first kappa shape index (κ1) is 19.3. The van der Waals surface area contributed by atoms with Crippen molar-refractivity contribution in [1.82, 2.24) is 9.80 Å². The van der Waals surface area contributed by atoms with Crippen LogP contribution in [0, 0.1) is 5.41 Å². The van der Waals surface area contributed by atoms with Gasteiger partial charge >= 0.3 is 0 Å². The molecule has 1 saturated heterocycles. The lowest BCUT2D eigenvalue weighted by Gasteiger charge is -2.28. The van der Waals surface area contributed by atoms with Gasteiger partial charge in [0.15, 0.2) is 0 Å². The van der Waals surface area contributed by atoms with Crippen LogP contribution in [-0.2, 0) is 16.0 Å². The highest BCUT2D eigenvalue weighted by Gasteiger charge is 2.29. The van der Waals surface area contributed by atoms with Crippen LogP contribution in [0.15, 0.2) is 24.3 Å². The molecule has 1 fully saturated rings. The molecule has 0 bridgehead atoms. The van der Waals surface area contributed by atoms with Crippen LogP contribution in [0.3, 0.4) is 0 Å². The van der Waals surface area contributed by atoms with Gasteiger partial charge in [0.25, 0.3) is 0 Å². The number of carbonyl (C=O) groups is 2. The van der Waals surface area contributed by atoms with Gasteiger partial charge in [-0.2, -0.15) is 0 Å². The van der Waals surface area contributed by atoms with Crippen molar-refractivity contribution in [3.8, 4) is 5.75 Å². The van der Waals surface area contributed by atoms with Gasteiger partial charge in [-0.05, 0) is 30.5 Å². The Morgan fingerprint density at radius 2 is 1.60 bits per heavy atom. The lowest BCUT2D eigenvalue weighted by atomic mass is 9.94. The summed E-state index contributed by atoms with van der Waals surface area (Å²) < 4.78 is 5.15. The largest absolute Gasteiger partial charge is 0.497 e. The fraction of sp³-hybridized carbons (Fsp3) is 0.600. The van der Waals surface area contributed by atoms with E-state index in [0.29, 0.717) is 19.5 Å². The van der Waals surface area contributed by atoms with Gasteiger partial charge in [-0.25, -0.2) is 0 Å². The zero-order valence-corrected chi connectivity index (χ0v) is 15.9.